The van der Waals surface area contributed by atoms with Gasteiger partial charge in [0.05, 0.1) is 6.33 Å². The van der Waals surface area contributed by atoms with Crippen LogP contribution in [0.5, 0.6) is 0 Å². The molecule has 2 nitrogen and oxygen atoms in total. The molecule has 1 aromatic rings. The summed E-state index contributed by atoms with van der Waals surface area (Å²) in [5, 5.41) is 0. The summed E-state index contributed by atoms with van der Waals surface area (Å²) in [4.78, 5) is 4.05. The molecule has 0 bridgehead atoms. The Balaban J connectivity index is 2.24. The van der Waals surface area contributed by atoms with Gasteiger partial charge in [0.2, 0.25) is 0 Å². The molecule has 1 rings (SSSR count). The number of allylic oxidation sites excluding steroid dienone is 6. The van der Waals surface area contributed by atoms with Crippen LogP contribution >= 0.6 is 0 Å². The van der Waals surface area contributed by atoms with Gasteiger partial charge in [-0.3, -0.25) is 0 Å². The zero-order valence-electron chi connectivity index (χ0n) is 13.4. The Labute approximate surface area is 123 Å². The molecular formula is C18H28N2. The lowest BCUT2D eigenvalue weighted by atomic mass is 10.1. The third-order valence-electron chi connectivity index (χ3n) is 3.33. The molecule has 0 saturated heterocycles. The molecule has 0 aromatic carbocycles. The van der Waals surface area contributed by atoms with Crippen molar-refractivity contribution in [3.05, 3.63) is 53.7 Å². The van der Waals surface area contributed by atoms with Gasteiger partial charge in [-0.05, 0) is 53.4 Å². The van der Waals surface area contributed by atoms with Crippen LogP contribution in [0.25, 0.3) is 0 Å². The first-order valence-corrected chi connectivity index (χ1v) is 7.48. The van der Waals surface area contributed by atoms with E-state index in [2.05, 4.69) is 55.5 Å². The predicted molar refractivity (Wildman–Crippen MR) is 87.6 cm³/mol. The van der Waals surface area contributed by atoms with Gasteiger partial charge in [0.1, 0.15) is 0 Å². The molecule has 110 valence electrons. The summed E-state index contributed by atoms with van der Waals surface area (Å²) in [5.41, 5.74) is 4.37. The third kappa shape index (κ3) is 7.78. The molecule has 0 fully saturated rings. The van der Waals surface area contributed by atoms with Gasteiger partial charge in [-0.2, -0.15) is 0 Å². The van der Waals surface area contributed by atoms with Crippen molar-refractivity contribution in [3.8, 4) is 0 Å². The first kappa shape index (κ1) is 16.5. The second kappa shape index (κ2) is 9.35. The van der Waals surface area contributed by atoms with E-state index in [-0.39, 0.29) is 0 Å². The summed E-state index contributed by atoms with van der Waals surface area (Å²) >= 11 is 0. The number of rotatable bonds is 8. The van der Waals surface area contributed by atoms with Crippen molar-refractivity contribution in [2.45, 2.75) is 59.9 Å². The minimum Gasteiger partial charge on any atom is -0.334 e. The largest absolute Gasteiger partial charge is 0.334 e. The Kier molecular flexibility index (Phi) is 7.71. The highest BCUT2D eigenvalue weighted by Crippen LogP contribution is 2.11. The van der Waals surface area contributed by atoms with Crippen molar-refractivity contribution in [2.75, 3.05) is 0 Å². The van der Waals surface area contributed by atoms with E-state index in [0.717, 1.165) is 19.4 Å². The minimum absolute atomic E-state index is 0.926. The molecule has 0 saturated carbocycles. The average molecular weight is 272 g/mol. The fraction of sp³-hybridized carbons (Fsp3) is 0.500. The summed E-state index contributed by atoms with van der Waals surface area (Å²) in [7, 11) is 0. The van der Waals surface area contributed by atoms with Crippen LogP contribution in [0.2, 0.25) is 0 Å². The van der Waals surface area contributed by atoms with E-state index in [1.54, 1.807) is 0 Å². The molecule has 20 heavy (non-hydrogen) atoms. The molecule has 0 aliphatic carbocycles. The Morgan fingerprint density at radius 3 is 2.20 bits per heavy atom. The zero-order valence-corrected chi connectivity index (χ0v) is 13.4. The first-order valence-electron chi connectivity index (χ1n) is 7.48. The van der Waals surface area contributed by atoms with Crippen LogP contribution in [-0.4, -0.2) is 9.55 Å². The molecule has 0 amide bonds. The Hall–Kier alpha value is -1.57. The highest BCUT2D eigenvalue weighted by atomic mass is 15.0. The SMILES string of the molecule is CC(C)=CCCC(C)=CCCC(C)=CCn1ccnc1. The standard InChI is InChI=1S/C18H28N2/c1-16(2)7-5-8-17(3)9-6-10-18(4)11-13-20-14-12-19-15-20/h7,9,11-12,14-15H,5-6,8,10,13H2,1-4H3. The number of hydrogen-bond donors (Lipinski definition) is 0. The van der Waals surface area contributed by atoms with Crippen molar-refractivity contribution in [1.29, 1.82) is 0 Å². The van der Waals surface area contributed by atoms with Crippen molar-refractivity contribution < 1.29 is 0 Å². The van der Waals surface area contributed by atoms with E-state index >= 15 is 0 Å². The van der Waals surface area contributed by atoms with Gasteiger partial charge in [-0.25, -0.2) is 4.98 Å². The average Bonchev–Trinajstić information content (AvgIpc) is 2.89. The summed E-state index contributed by atoms with van der Waals surface area (Å²) < 4.78 is 2.09. The third-order valence-corrected chi connectivity index (χ3v) is 3.33. The van der Waals surface area contributed by atoms with Gasteiger partial charge in [-0.15, -0.1) is 0 Å². The predicted octanol–water partition coefficient (Wildman–Crippen LogP) is 5.30. The van der Waals surface area contributed by atoms with Gasteiger partial charge < -0.3 is 4.57 Å². The Bertz CT molecular complexity index is 458. The fourth-order valence-corrected chi connectivity index (χ4v) is 1.99. The van der Waals surface area contributed by atoms with Gasteiger partial charge in [-0.1, -0.05) is 34.9 Å². The molecule has 0 atom stereocenters. The molecule has 0 aliphatic rings. The van der Waals surface area contributed by atoms with E-state index in [9.17, 15) is 0 Å². The quantitative estimate of drug-likeness (QED) is 0.587. The Morgan fingerprint density at radius 2 is 1.60 bits per heavy atom. The van der Waals surface area contributed by atoms with Crippen LogP contribution in [0.4, 0.5) is 0 Å². The van der Waals surface area contributed by atoms with Crippen molar-refractivity contribution in [2.24, 2.45) is 0 Å². The monoisotopic (exact) mass is 272 g/mol. The van der Waals surface area contributed by atoms with Crippen LogP contribution in [0, 0.1) is 0 Å². The highest BCUT2D eigenvalue weighted by Gasteiger charge is 1.92. The summed E-state index contributed by atoms with van der Waals surface area (Å²) in [6.45, 7) is 9.70. The zero-order chi connectivity index (χ0) is 14.8. The maximum atomic E-state index is 4.05. The molecule has 1 aromatic heterocycles. The van der Waals surface area contributed by atoms with Crippen LogP contribution in [0.1, 0.15) is 53.4 Å². The van der Waals surface area contributed by atoms with E-state index in [0.29, 0.717) is 0 Å². The lowest BCUT2D eigenvalue weighted by Crippen LogP contribution is -1.91. The summed E-state index contributed by atoms with van der Waals surface area (Å²) in [5.74, 6) is 0. The molecular weight excluding hydrogens is 244 g/mol. The van der Waals surface area contributed by atoms with Crippen molar-refractivity contribution >= 4 is 0 Å². The lowest BCUT2D eigenvalue weighted by molar-refractivity contribution is 0.805. The van der Waals surface area contributed by atoms with Gasteiger partial charge in [0.25, 0.3) is 0 Å². The van der Waals surface area contributed by atoms with Crippen LogP contribution in [0.15, 0.2) is 53.7 Å². The molecule has 0 spiro atoms. The van der Waals surface area contributed by atoms with Crippen molar-refractivity contribution in [3.63, 3.8) is 0 Å². The van der Waals surface area contributed by atoms with Crippen LogP contribution < -0.4 is 0 Å². The lowest BCUT2D eigenvalue weighted by Gasteiger charge is -2.02. The van der Waals surface area contributed by atoms with Gasteiger partial charge in [0, 0.05) is 18.9 Å². The normalized spacial score (nSPS) is 12.6. The minimum atomic E-state index is 0.926. The molecule has 0 unspecified atom stereocenters. The first-order chi connectivity index (χ1) is 9.58. The van der Waals surface area contributed by atoms with E-state index in [1.807, 2.05) is 18.7 Å². The number of hydrogen-bond acceptors (Lipinski definition) is 1. The van der Waals surface area contributed by atoms with E-state index in [4.69, 9.17) is 0 Å². The molecule has 0 N–H and O–H groups in total. The van der Waals surface area contributed by atoms with Gasteiger partial charge in [0.15, 0.2) is 0 Å². The summed E-state index contributed by atoms with van der Waals surface area (Å²) in [6.07, 6.45) is 17.3. The fourth-order valence-electron chi connectivity index (χ4n) is 1.99. The molecule has 0 radical (unpaired) electrons. The number of aromatic nitrogens is 2. The van der Waals surface area contributed by atoms with Gasteiger partial charge >= 0.3 is 0 Å². The number of nitrogens with zero attached hydrogens (tertiary/aromatic N) is 2. The molecule has 0 aliphatic heterocycles. The van der Waals surface area contributed by atoms with Crippen LogP contribution in [-0.2, 0) is 6.54 Å². The second-order valence-electron chi connectivity index (χ2n) is 5.72. The van der Waals surface area contributed by atoms with E-state index in [1.165, 1.54) is 29.6 Å². The highest BCUT2D eigenvalue weighted by molar-refractivity contribution is 5.05. The second-order valence-corrected chi connectivity index (χ2v) is 5.72. The summed E-state index contributed by atoms with van der Waals surface area (Å²) in [6, 6.07) is 0. The maximum absolute atomic E-state index is 4.05. The Morgan fingerprint density at radius 1 is 0.950 bits per heavy atom. The molecule has 2 heteroatoms. The molecule has 1 heterocycles. The smallest absolute Gasteiger partial charge is 0.0948 e. The van der Waals surface area contributed by atoms with E-state index < -0.39 is 0 Å². The topological polar surface area (TPSA) is 17.8 Å². The van der Waals surface area contributed by atoms with Crippen molar-refractivity contribution in [1.82, 2.24) is 9.55 Å². The van der Waals surface area contributed by atoms with Crippen LogP contribution in [0.3, 0.4) is 0 Å². The number of imidazole rings is 1. The maximum Gasteiger partial charge on any atom is 0.0948 e.